The molecule has 6 heteroatoms. The maximum atomic E-state index is 9.87. The van der Waals surface area contributed by atoms with Crippen molar-refractivity contribution in [3.8, 4) is 28.7 Å². The maximum Gasteiger partial charge on any atom is 0.164 e. The third-order valence-corrected chi connectivity index (χ3v) is 4.61. The number of methoxy groups -OCH3 is 3. The molecular formula is C19H23NO5. The summed E-state index contributed by atoms with van der Waals surface area (Å²) in [7, 11) is 4.81. The summed E-state index contributed by atoms with van der Waals surface area (Å²) >= 11 is 0. The minimum Gasteiger partial charge on any atom is -0.504 e. The molecular weight excluding hydrogens is 322 g/mol. The summed E-state index contributed by atoms with van der Waals surface area (Å²) in [6.07, 6.45) is 1.46. The Morgan fingerprint density at radius 2 is 1.56 bits per heavy atom. The van der Waals surface area contributed by atoms with E-state index >= 15 is 0 Å². The smallest absolute Gasteiger partial charge is 0.164 e. The Labute approximate surface area is 147 Å². The van der Waals surface area contributed by atoms with E-state index < -0.39 is 0 Å². The third kappa shape index (κ3) is 3.30. The molecule has 0 bridgehead atoms. The second-order valence-corrected chi connectivity index (χ2v) is 6.02. The van der Waals surface area contributed by atoms with E-state index in [0.717, 1.165) is 35.4 Å². The van der Waals surface area contributed by atoms with Gasteiger partial charge in [-0.1, -0.05) is 0 Å². The Bertz CT molecular complexity index is 775. The van der Waals surface area contributed by atoms with Crippen LogP contribution in [0, 0.1) is 0 Å². The first-order valence-corrected chi connectivity index (χ1v) is 8.14. The molecule has 0 spiro atoms. The molecule has 1 unspecified atom stereocenters. The van der Waals surface area contributed by atoms with Gasteiger partial charge in [0.05, 0.1) is 21.3 Å². The highest BCUT2D eigenvalue weighted by atomic mass is 16.5. The highest BCUT2D eigenvalue weighted by Crippen LogP contribution is 2.39. The van der Waals surface area contributed by atoms with Gasteiger partial charge in [0.1, 0.15) is 5.75 Å². The number of hydrogen-bond acceptors (Lipinski definition) is 6. The summed E-state index contributed by atoms with van der Waals surface area (Å²) in [4.78, 5) is 0. The van der Waals surface area contributed by atoms with Crippen molar-refractivity contribution < 1.29 is 24.4 Å². The van der Waals surface area contributed by atoms with E-state index in [1.54, 1.807) is 33.5 Å². The van der Waals surface area contributed by atoms with E-state index in [-0.39, 0.29) is 17.5 Å². The van der Waals surface area contributed by atoms with Gasteiger partial charge in [-0.3, -0.25) is 0 Å². The van der Waals surface area contributed by atoms with Gasteiger partial charge in [0, 0.05) is 12.1 Å². The average Bonchev–Trinajstić information content (AvgIpc) is 2.62. The molecule has 0 saturated heterocycles. The summed E-state index contributed by atoms with van der Waals surface area (Å²) in [5, 5.41) is 23.1. The lowest BCUT2D eigenvalue weighted by Gasteiger charge is -2.28. The lowest BCUT2D eigenvalue weighted by Crippen LogP contribution is -2.31. The molecule has 0 aromatic heterocycles. The topological polar surface area (TPSA) is 80.2 Å². The van der Waals surface area contributed by atoms with Crippen molar-refractivity contribution in [2.24, 2.45) is 0 Å². The van der Waals surface area contributed by atoms with Gasteiger partial charge >= 0.3 is 0 Å². The number of aromatic hydroxyl groups is 2. The zero-order valence-electron chi connectivity index (χ0n) is 14.6. The first kappa shape index (κ1) is 17.2. The Hall–Kier alpha value is -2.60. The third-order valence-electron chi connectivity index (χ3n) is 4.61. The van der Waals surface area contributed by atoms with Crippen LogP contribution in [-0.2, 0) is 12.8 Å². The first-order chi connectivity index (χ1) is 12.1. The number of hydrogen-bond donors (Lipinski definition) is 3. The van der Waals surface area contributed by atoms with E-state index in [0.29, 0.717) is 17.9 Å². The van der Waals surface area contributed by atoms with Gasteiger partial charge in [0.2, 0.25) is 0 Å². The van der Waals surface area contributed by atoms with Gasteiger partial charge in [-0.05, 0) is 54.3 Å². The van der Waals surface area contributed by atoms with E-state index in [1.165, 1.54) is 0 Å². The van der Waals surface area contributed by atoms with Crippen LogP contribution in [-0.4, -0.2) is 38.1 Å². The monoisotopic (exact) mass is 345 g/mol. The number of fused-ring (bicyclic) bond motifs is 1. The van der Waals surface area contributed by atoms with Crippen molar-refractivity contribution in [2.75, 3.05) is 27.9 Å². The fourth-order valence-electron chi connectivity index (χ4n) is 3.32. The summed E-state index contributed by atoms with van der Waals surface area (Å²) in [6.45, 7) is 0.803. The molecule has 1 atom stereocenters. The SMILES string of the molecule is COc1cc(OC)c(OC)cc1CC1NCCc2cc(O)c(O)cc21. The number of nitrogens with one attached hydrogen (secondary N) is 1. The summed E-state index contributed by atoms with van der Waals surface area (Å²) in [5.74, 6) is 1.79. The fraction of sp³-hybridized carbons (Fsp3) is 0.368. The minimum atomic E-state index is -0.105. The van der Waals surface area contributed by atoms with Crippen LogP contribution in [0.3, 0.4) is 0 Å². The van der Waals surface area contributed by atoms with E-state index in [9.17, 15) is 10.2 Å². The van der Waals surface area contributed by atoms with Gasteiger partial charge < -0.3 is 29.7 Å². The van der Waals surface area contributed by atoms with Gasteiger partial charge in [-0.2, -0.15) is 0 Å². The predicted octanol–water partition coefficient (Wildman–Crippen LogP) is 2.55. The van der Waals surface area contributed by atoms with E-state index in [1.807, 2.05) is 12.1 Å². The molecule has 2 aromatic carbocycles. The van der Waals surface area contributed by atoms with Gasteiger partial charge in [0.15, 0.2) is 23.0 Å². The van der Waals surface area contributed by atoms with Crippen LogP contribution < -0.4 is 19.5 Å². The van der Waals surface area contributed by atoms with Crippen molar-refractivity contribution in [3.05, 3.63) is 41.0 Å². The minimum absolute atomic E-state index is 0.00208. The molecule has 1 aliphatic heterocycles. The second-order valence-electron chi connectivity index (χ2n) is 6.02. The molecule has 3 N–H and O–H groups in total. The van der Waals surface area contributed by atoms with E-state index in [4.69, 9.17) is 14.2 Å². The number of phenolic OH excluding ortho intramolecular Hbond substituents is 2. The van der Waals surface area contributed by atoms with Gasteiger partial charge in [-0.25, -0.2) is 0 Å². The number of rotatable bonds is 5. The molecule has 0 radical (unpaired) electrons. The first-order valence-electron chi connectivity index (χ1n) is 8.14. The Morgan fingerprint density at radius 1 is 0.920 bits per heavy atom. The van der Waals surface area contributed by atoms with Crippen molar-refractivity contribution in [1.82, 2.24) is 5.32 Å². The molecule has 0 amide bonds. The molecule has 0 aliphatic carbocycles. The van der Waals surface area contributed by atoms with Crippen LogP contribution >= 0.6 is 0 Å². The Kier molecular flexibility index (Phi) is 4.90. The van der Waals surface area contributed by atoms with Gasteiger partial charge in [0.25, 0.3) is 0 Å². The standard InChI is InChI=1S/C19H23NO5/c1-23-17-10-19(25-3)18(24-2)8-12(17)6-14-13-9-16(22)15(21)7-11(13)4-5-20-14/h7-10,14,20-22H,4-6H2,1-3H3. The van der Waals surface area contributed by atoms with Crippen LogP contribution in [0.15, 0.2) is 24.3 Å². The maximum absolute atomic E-state index is 9.87. The average molecular weight is 345 g/mol. The highest BCUT2D eigenvalue weighted by Gasteiger charge is 2.24. The van der Waals surface area contributed by atoms with Crippen molar-refractivity contribution in [3.63, 3.8) is 0 Å². The predicted molar refractivity (Wildman–Crippen MR) is 94.0 cm³/mol. The lowest BCUT2D eigenvalue weighted by molar-refractivity contribution is 0.346. The summed E-state index contributed by atoms with van der Waals surface area (Å²) < 4.78 is 16.2. The highest BCUT2D eigenvalue weighted by molar-refractivity contribution is 5.52. The molecule has 1 heterocycles. The summed E-state index contributed by atoms with van der Waals surface area (Å²) in [6, 6.07) is 7.00. The van der Waals surface area contributed by atoms with E-state index in [2.05, 4.69) is 5.32 Å². The molecule has 3 rings (SSSR count). The number of ether oxygens (including phenoxy) is 3. The second kappa shape index (κ2) is 7.11. The van der Waals surface area contributed by atoms with Crippen molar-refractivity contribution in [2.45, 2.75) is 18.9 Å². The molecule has 1 aliphatic rings. The fourth-order valence-corrected chi connectivity index (χ4v) is 3.32. The molecule has 25 heavy (non-hydrogen) atoms. The molecule has 2 aromatic rings. The van der Waals surface area contributed by atoms with Gasteiger partial charge in [-0.15, -0.1) is 0 Å². The largest absolute Gasteiger partial charge is 0.504 e. The number of benzene rings is 2. The van der Waals surface area contributed by atoms with Crippen LogP contribution in [0.25, 0.3) is 0 Å². The number of phenols is 2. The molecule has 6 nitrogen and oxygen atoms in total. The normalized spacial score (nSPS) is 16.2. The van der Waals surface area contributed by atoms with Crippen LogP contribution in [0.1, 0.15) is 22.7 Å². The molecule has 0 fully saturated rings. The quantitative estimate of drug-likeness (QED) is 0.723. The Balaban J connectivity index is 1.97. The van der Waals surface area contributed by atoms with Crippen LogP contribution in [0.5, 0.6) is 28.7 Å². The zero-order valence-corrected chi connectivity index (χ0v) is 14.6. The lowest BCUT2D eigenvalue weighted by atomic mass is 9.89. The molecule has 134 valence electrons. The van der Waals surface area contributed by atoms with Crippen LogP contribution in [0.4, 0.5) is 0 Å². The molecule has 0 saturated carbocycles. The van der Waals surface area contributed by atoms with Crippen LogP contribution in [0.2, 0.25) is 0 Å². The Morgan fingerprint density at radius 3 is 2.24 bits per heavy atom. The van der Waals surface area contributed by atoms with Crippen molar-refractivity contribution in [1.29, 1.82) is 0 Å². The zero-order chi connectivity index (χ0) is 18.0. The van der Waals surface area contributed by atoms with Crippen molar-refractivity contribution >= 4 is 0 Å². The summed E-state index contributed by atoms with van der Waals surface area (Å²) in [5.41, 5.74) is 3.00.